The molecule has 0 amide bonds. The van der Waals surface area contributed by atoms with Crippen molar-refractivity contribution in [1.29, 1.82) is 0 Å². The maximum Gasteiger partial charge on any atom is 0.265 e. The molecule has 11 nitrogen and oxygen atoms in total. The molecule has 0 spiro atoms. The number of fused-ring (bicyclic) bond motifs is 4. The second-order valence-corrected chi connectivity index (χ2v) is 21.0. The van der Waals surface area contributed by atoms with Crippen LogP contribution >= 0.6 is 0 Å². The van der Waals surface area contributed by atoms with Crippen molar-refractivity contribution in [2.75, 3.05) is 27.3 Å². The summed E-state index contributed by atoms with van der Waals surface area (Å²) in [5.74, 6) is -1.55. The van der Waals surface area contributed by atoms with E-state index < -0.39 is 43.4 Å². The third-order valence-corrected chi connectivity index (χ3v) is 15.5. The van der Waals surface area contributed by atoms with Gasteiger partial charge in [0, 0.05) is 17.1 Å². The van der Waals surface area contributed by atoms with Crippen molar-refractivity contribution in [2.24, 2.45) is 11.8 Å². The lowest BCUT2D eigenvalue weighted by atomic mass is 9.57. The zero-order valence-corrected chi connectivity index (χ0v) is 33.2. The fraction of sp³-hybridized carbons (Fsp3) is 0.641. The number of aldehydes is 1. The van der Waals surface area contributed by atoms with Gasteiger partial charge in [0.1, 0.15) is 22.8 Å². The number of rotatable bonds is 14. The predicted octanol–water partition coefficient (Wildman–Crippen LogP) is 7.92. The molecule has 1 aromatic heterocycles. The Morgan fingerprint density at radius 1 is 1.08 bits per heavy atom. The minimum atomic E-state index is -2.87. The number of aliphatic hydroxyl groups is 1. The molecule has 0 aliphatic heterocycles. The Morgan fingerprint density at radius 2 is 1.73 bits per heavy atom. The number of benzene rings is 1. The van der Waals surface area contributed by atoms with Gasteiger partial charge in [0.05, 0.1) is 36.5 Å². The highest BCUT2D eigenvalue weighted by Crippen LogP contribution is 2.59. The van der Waals surface area contributed by atoms with E-state index in [0.29, 0.717) is 53.6 Å². The molecule has 0 saturated heterocycles. The van der Waals surface area contributed by atoms with E-state index in [0.717, 1.165) is 32.0 Å². The largest absolute Gasteiger partial charge is 0.507 e. The Bertz CT molecular complexity index is 1700. The number of hydrogen-bond acceptors (Lipinski definition) is 11. The average molecular weight is 725 g/mol. The van der Waals surface area contributed by atoms with Gasteiger partial charge in [-0.05, 0) is 88.9 Å². The number of hydrogen-bond donors (Lipinski definition) is 1. The summed E-state index contributed by atoms with van der Waals surface area (Å²) in [5, 5.41) is 16.2. The molecule has 5 rings (SSSR count). The van der Waals surface area contributed by atoms with E-state index in [4.69, 9.17) is 23.2 Å². The van der Waals surface area contributed by atoms with Gasteiger partial charge in [-0.15, -0.1) is 0 Å². The molecule has 1 N–H and O–H groups in total. The molecule has 280 valence electrons. The molecule has 0 radical (unpaired) electrons. The standard InChI is InChI=1S/C39H56N2O9Si/c1-12-14-16-46-27-20-24(21-42)33(48-22(3)4)25-18-23-19-26-31(41(8)9)34-30(37(40-49-34)47-17-15-13-2)36(45)39(26,50-51(10,11)38(5,6)7)35(44)28(23)32(43)29(25)27/h20-23,26,31,43H,12-19H2,1-11H3/t23-,26-,31-,39-/m0/s1. The van der Waals surface area contributed by atoms with E-state index in [1.165, 1.54) is 0 Å². The Hall–Kier alpha value is -3.48. The van der Waals surface area contributed by atoms with Crippen molar-refractivity contribution < 1.29 is 42.6 Å². The third-order valence-electron chi connectivity index (χ3n) is 11.0. The highest BCUT2D eigenvalue weighted by molar-refractivity contribution is 6.74. The number of nitrogens with zero attached hydrogens (tertiary/aromatic N) is 2. The molecule has 2 aromatic rings. The second-order valence-electron chi connectivity index (χ2n) is 16.2. The molecule has 12 heteroatoms. The van der Waals surface area contributed by atoms with Crippen LogP contribution in [0.2, 0.25) is 18.1 Å². The van der Waals surface area contributed by atoms with Crippen LogP contribution in [0.25, 0.3) is 5.76 Å². The van der Waals surface area contributed by atoms with E-state index in [2.05, 4.69) is 25.9 Å². The summed E-state index contributed by atoms with van der Waals surface area (Å²) in [6.45, 7) is 18.8. The molecule has 1 heterocycles. The normalized spacial score (nSPS) is 23.2. The van der Waals surface area contributed by atoms with Crippen LogP contribution in [0.4, 0.5) is 0 Å². The fourth-order valence-corrected chi connectivity index (χ4v) is 8.95. The van der Waals surface area contributed by atoms with E-state index in [-0.39, 0.29) is 40.3 Å². The van der Waals surface area contributed by atoms with E-state index in [9.17, 15) is 9.90 Å². The Kier molecular flexibility index (Phi) is 11.0. The molecule has 1 aromatic carbocycles. The summed E-state index contributed by atoms with van der Waals surface area (Å²) < 4.78 is 31.6. The number of carbonyl (C=O) groups is 3. The van der Waals surface area contributed by atoms with Gasteiger partial charge < -0.3 is 28.3 Å². The molecule has 0 bridgehead atoms. The quantitative estimate of drug-likeness (QED) is 0.0880. The van der Waals surface area contributed by atoms with Gasteiger partial charge in [0.25, 0.3) is 5.88 Å². The summed E-state index contributed by atoms with van der Waals surface area (Å²) in [6, 6.07) is 0.999. The first-order valence-corrected chi connectivity index (χ1v) is 21.3. The van der Waals surface area contributed by atoms with Crippen LogP contribution in [0.15, 0.2) is 16.2 Å². The monoisotopic (exact) mass is 724 g/mol. The van der Waals surface area contributed by atoms with Crippen LogP contribution in [0.3, 0.4) is 0 Å². The SMILES string of the molecule is CCCCOc1cc(C=O)c(OC(C)C)c2c1C(O)=C1C(=O)[C@]3(O[Si](C)(C)C(C)(C)C)C(=O)c4c(OCCCC)noc4[C@@H](N(C)C)[C@@H]3C[C@@H]1C2. The van der Waals surface area contributed by atoms with Gasteiger partial charge in [0.2, 0.25) is 11.6 Å². The van der Waals surface area contributed by atoms with Crippen molar-refractivity contribution in [3.63, 3.8) is 0 Å². The van der Waals surface area contributed by atoms with Crippen molar-refractivity contribution >= 4 is 31.9 Å². The van der Waals surface area contributed by atoms with Crippen LogP contribution < -0.4 is 14.2 Å². The van der Waals surface area contributed by atoms with Crippen molar-refractivity contribution in [2.45, 2.75) is 123 Å². The lowest BCUT2D eigenvalue weighted by Gasteiger charge is -2.55. The maximum atomic E-state index is 15.6. The number of aromatic nitrogens is 1. The van der Waals surface area contributed by atoms with Crippen molar-refractivity contribution in [3.05, 3.63) is 39.7 Å². The minimum Gasteiger partial charge on any atom is -0.507 e. The van der Waals surface area contributed by atoms with Crippen LogP contribution in [0.1, 0.15) is 124 Å². The summed E-state index contributed by atoms with van der Waals surface area (Å²) in [5.41, 5.74) is -0.508. The number of ketones is 2. The molecule has 1 fully saturated rings. The zero-order valence-electron chi connectivity index (χ0n) is 32.2. The van der Waals surface area contributed by atoms with Crippen LogP contribution in [-0.2, 0) is 15.6 Å². The molecular weight excluding hydrogens is 669 g/mol. The van der Waals surface area contributed by atoms with Crippen molar-refractivity contribution in [3.8, 4) is 17.4 Å². The van der Waals surface area contributed by atoms with Crippen LogP contribution in [0.5, 0.6) is 17.4 Å². The Labute approximate surface area is 303 Å². The van der Waals surface area contributed by atoms with Crippen LogP contribution in [0, 0.1) is 11.8 Å². The number of carbonyl (C=O) groups excluding carboxylic acids is 3. The first-order chi connectivity index (χ1) is 24.0. The summed E-state index contributed by atoms with van der Waals surface area (Å²) >= 11 is 0. The summed E-state index contributed by atoms with van der Waals surface area (Å²) in [7, 11) is 0.900. The van der Waals surface area contributed by atoms with Gasteiger partial charge in [-0.25, -0.2) is 0 Å². The molecule has 51 heavy (non-hydrogen) atoms. The molecular formula is C39H56N2O9Si. The number of aliphatic hydroxyl groups excluding tert-OH is 1. The first kappa shape index (κ1) is 38.7. The molecule has 4 atom stereocenters. The number of ether oxygens (including phenoxy) is 3. The second kappa shape index (κ2) is 14.5. The fourth-order valence-electron chi connectivity index (χ4n) is 7.50. The number of unbranched alkanes of at least 4 members (excludes halogenated alkanes) is 2. The van der Waals surface area contributed by atoms with Crippen LogP contribution in [-0.4, -0.2) is 80.3 Å². The Balaban J connectivity index is 1.81. The predicted molar refractivity (Wildman–Crippen MR) is 197 cm³/mol. The minimum absolute atomic E-state index is 0.0533. The van der Waals surface area contributed by atoms with Gasteiger partial charge in [-0.3, -0.25) is 19.3 Å². The lowest BCUT2D eigenvalue weighted by molar-refractivity contribution is -0.140. The molecule has 3 aliphatic carbocycles. The van der Waals surface area contributed by atoms with E-state index >= 15 is 9.59 Å². The number of Topliss-reactive ketones (excluding diaryl/α,β-unsaturated/α-hetero) is 2. The average Bonchev–Trinajstić information content (AvgIpc) is 3.45. The highest BCUT2D eigenvalue weighted by Gasteiger charge is 2.69. The zero-order chi connectivity index (χ0) is 37.6. The van der Waals surface area contributed by atoms with Crippen molar-refractivity contribution in [1.82, 2.24) is 10.1 Å². The third kappa shape index (κ3) is 6.56. The smallest absolute Gasteiger partial charge is 0.265 e. The van der Waals surface area contributed by atoms with E-state index in [1.54, 1.807) is 6.07 Å². The summed E-state index contributed by atoms with van der Waals surface area (Å²) in [6.07, 6.45) is 4.32. The van der Waals surface area contributed by atoms with E-state index in [1.807, 2.05) is 59.8 Å². The topological polar surface area (TPSA) is 138 Å². The van der Waals surface area contributed by atoms with Gasteiger partial charge >= 0.3 is 0 Å². The highest BCUT2D eigenvalue weighted by atomic mass is 28.4. The van der Waals surface area contributed by atoms with Gasteiger partial charge in [0.15, 0.2) is 26.0 Å². The summed E-state index contributed by atoms with van der Waals surface area (Å²) in [4.78, 5) is 45.3. The molecule has 0 unspecified atom stereocenters. The first-order valence-electron chi connectivity index (χ1n) is 18.4. The molecule has 3 aliphatic rings. The molecule has 1 saturated carbocycles. The Morgan fingerprint density at radius 3 is 2.29 bits per heavy atom. The maximum absolute atomic E-state index is 15.6. The van der Waals surface area contributed by atoms with Gasteiger partial charge in [-0.2, -0.15) is 0 Å². The van der Waals surface area contributed by atoms with Gasteiger partial charge in [-0.1, -0.05) is 47.5 Å². The lowest BCUT2D eigenvalue weighted by Crippen LogP contribution is -2.68.